The summed E-state index contributed by atoms with van der Waals surface area (Å²) in [5, 5.41) is 0. The van der Waals surface area contributed by atoms with Crippen LogP contribution in [0.15, 0.2) is 36.4 Å². The third kappa shape index (κ3) is 5.48. The summed E-state index contributed by atoms with van der Waals surface area (Å²) in [4.78, 5) is 34.0. The zero-order valence-corrected chi connectivity index (χ0v) is 11.9. The fourth-order valence-electron chi connectivity index (χ4n) is 1.38. The number of para-hydroxylation sites is 1. The molecule has 0 aliphatic heterocycles. The molecule has 0 heterocycles. The molecule has 0 amide bonds. The van der Waals surface area contributed by atoms with E-state index in [2.05, 4.69) is 16.1 Å². The molecule has 1 rings (SSSR count). The third-order valence-electron chi connectivity index (χ3n) is 2.43. The van der Waals surface area contributed by atoms with Crippen LogP contribution in [0.25, 0.3) is 0 Å². The minimum atomic E-state index is -0.748. The standard InChI is InChI=1S/C15H16O6/c1-10(2)15(18)20-9-14(17)21-12-7-5-4-6-11(12)8-13(16)19-3/h4-7H,1,8-9H2,2-3H3. The lowest BCUT2D eigenvalue weighted by Crippen LogP contribution is -2.20. The second kappa shape index (κ2) is 7.84. The normalized spacial score (nSPS) is 9.62. The topological polar surface area (TPSA) is 78.9 Å². The van der Waals surface area contributed by atoms with Gasteiger partial charge in [0.2, 0.25) is 0 Å². The highest BCUT2D eigenvalue weighted by Gasteiger charge is 2.14. The summed E-state index contributed by atoms with van der Waals surface area (Å²) in [6, 6.07) is 6.54. The van der Waals surface area contributed by atoms with Crippen LogP contribution in [0.2, 0.25) is 0 Å². The average Bonchev–Trinajstić information content (AvgIpc) is 2.46. The summed E-state index contributed by atoms with van der Waals surface area (Å²) < 4.78 is 14.3. The number of hydrogen-bond acceptors (Lipinski definition) is 6. The molecule has 0 aliphatic rings. The monoisotopic (exact) mass is 292 g/mol. The smallest absolute Gasteiger partial charge is 0.349 e. The lowest BCUT2D eigenvalue weighted by Gasteiger charge is -2.09. The van der Waals surface area contributed by atoms with Crippen molar-refractivity contribution in [3.8, 4) is 5.75 Å². The Balaban J connectivity index is 2.65. The highest BCUT2D eigenvalue weighted by molar-refractivity contribution is 5.88. The van der Waals surface area contributed by atoms with Crippen molar-refractivity contribution < 1.29 is 28.6 Å². The minimum Gasteiger partial charge on any atom is -0.469 e. The lowest BCUT2D eigenvalue weighted by atomic mass is 10.1. The van der Waals surface area contributed by atoms with E-state index < -0.39 is 24.5 Å². The quantitative estimate of drug-likeness (QED) is 0.448. The molecule has 0 aromatic heterocycles. The van der Waals surface area contributed by atoms with Gasteiger partial charge in [0.05, 0.1) is 13.5 Å². The first-order valence-electron chi connectivity index (χ1n) is 6.12. The van der Waals surface area contributed by atoms with Crippen LogP contribution in [-0.2, 0) is 30.3 Å². The van der Waals surface area contributed by atoms with E-state index in [1.807, 2.05) is 0 Å². The fraction of sp³-hybridized carbons (Fsp3) is 0.267. The molecule has 6 heteroatoms. The highest BCUT2D eigenvalue weighted by atomic mass is 16.6. The summed E-state index contributed by atoms with van der Waals surface area (Å²) >= 11 is 0. The number of benzene rings is 1. The van der Waals surface area contributed by atoms with Crippen LogP contribution in [0, 0.1) is 0 Å². The predicted octanol–water partition coefficient (Wildman–Crippen LogP) is 1.43. The van der Waals surface area contributed by atoms with E-state index in [0.717, 1.165) is 0 Å². The Kier molecular flexibility index (Phi) is 6.13. The van der Waals surface area contributed by atoms with E-state index in [1.165, 1.54) is 20.1 Å². The molecule has 0 N–H and O–H groups in total. The van der Waals surface area contributed by atoms with Crippen molar-refractivity contribution in [3.05, 3.63) is 42.0 Å². The van der Waals surface area contributed by atoms with Crippen LogP contribution in [0.1, 0.15) is 12.5 Å². The summed E-state index contributed by atoms with van der Waals surface area (Å²) in [7, 11) is 1.27. The van der Waals surface area contributed by atoms with Gasteiger partial charge in [-0.2, -0.15) is 0 Å². The molecular formula is C15H16O6. The third-order valence-corrected chi connectivity index (χ3v) is 2.43. The van der Waals surface area contributed by atoms with Crippen molar-refractivity contribution in [3.63, 3.8) is 0 Å². The van der Waals surface area contributed by atoms with Crippen LogP contribution >= 0.6 is 0 Å². The van der Waals surface area contributed by atoms with Crippen molar-refractivity contribution in [1.29, 1.82) is 0 Å². The summed E-state index contributed by atoms with van der Waals surface area (Å²) in [5.41, 5.74) is 0.692. The van der Waals surface area contributed by atoms with E-state index in [0.29, 0.717) is 5.56 Å². The number of methoxy groups -OCH3 is 1. The minimum absolute atomic E-state index is 0.0223. The van der Waals surface area contributed by atoms with Gasteiger partial charge in [0.1, 0.15) is 5.75 Å². The molecular weight excluding hydrogens is 276 g/mol. The van der Waals surface area contributed by atoms with Gasteiger partial charge in [-0.3, -0.25) is 4.79 Å². The van der Waals surface area contributed by atoms with E-state index in [-0.39, 0.29) is 17.7 Å². The maximum atomic E-state index is 11.6. The molecule has 112 valence electrons. The molecule has 0 saturated heterocycles. The van der Waals surface area contributed by atoms with Gasteiger partial charge in [-0.15, -0.1) is 0 Å². The van der Waals surface area contributed by atoms with Gasteiger partial charge >= 0.3 is 17.9 Å². The summed E-state index contributed by atoms with van der Waals surface area (Å²) in [5.74, 6) is -1.65. The number of carbonyl (C=O) groups is 3. The van der Waals surface area contributed by atoms with Gasteiger partial charge in [0.15, 0.2) is 6.61 Å². The molecule has 21 heavy (non-hydrogen) atoms. The summed E-state index contributed by atoms with van der Waals surface area (Å²) in [6.45, 7) is 4.34. The van der Waals surface area contributed by atoms with E-state index in [9.17, 15) is 14.4 Å². The maximum Gasteiger partial charge on any atom is 0.349 e. The van der Waals surface area contributed by atoms with Crippen LogP contribution in [0.5, 0.6) is 5.75 Å². The predicted molar refractivity (Wildman–Crippen MR) is 73.6 cm³/mol. The zero-order chi connectivity index (χ0) is 15.8. The Morgan fingerprint density at radius 3 is 2.43 bits per heavy atom. The van der Waals surface area contributed by atoms with Crippen molar-refractivity contribution in [2.45, 2.75) is 13.3 Å². The Labute approximate surface area is 122 Å². The molecule has 0 unspecified atom stereocenters. The van der Waals surface area contributed by atoms with Crippen LogP contribution in [0.3, 0.4) is 0 Å². The SMILES string of the molecule is C=C(C)C(=O)OCC(=O)Oc1ccccc1CC(=O)OC. The van der Waals surface area contributed by atoms with Crippen molar-refractivity contribution >= 4 is 17.9 Å². The van der Waals surface area contributed by atoms with Crippen LogP contribution in [0.4, 0.5) is 0 Å². The number of hydrogen-bond donors (Lipinski definition) is 0. The molecule has 0 bridgehead atoms. The van der Waals surface area contributed by atoms with Crippen LogP contribution < -0.4 is 4.74 Å². The van der Waals surface area contributed by atoms with E-state index in [4.69, 9.17) is 4.74 Å². The first kappa shape index (κ1) is 16.4. The molecule has 0 fully saturated rings. The Morgan fingerprint density at radius 2 is 1.81 bits per heavy atom. The molecule has 0 saturated carbocycles. The molecule has 0 spiro atoms. The van der Waals surface area contributed by atoms with E-state index >= 15 is 0 Å². The first-order chi connectivity index (χ1) is 9.93. The molecule has 6 nitrogen and oxygen atoms in total. The van der Waals surface area contributed by atoms with Gasteiger partial charge in [0.25, 0.3) is 0 Å². The van der Waals surface area contributed by atoms with Crippen molar-refractivity contribution in [1.82, 2.24) is 0 Å². The second-order valence-corrected chi connectivity index (χ2v) is 4.19. The number of ether oxygens (including phenoxy) is 3. The maximum absolute atomic E-state index is 11.6. The average molecular weight is 292 g/mol. The molecule has 0 atom stereocenters. The zero-order valence-electron chi connectivity index (χ0n) is 11.9. The molecule has 1 aromatic rings. The second-order valence-electron chi connectivity index (χ2n) is 4.19. The molecule has 0 radical (unpaired) electrons. The van der Waals surface area contributed by atoms with Crippen LogP contribution in [-0.4, -0.2) is 31.6 Å². The molecule has 1 aromatic carbocycles. The van der Waals surface area contributed by atoms with Gasteiger partial charge in [-0.05, 0) is 13.0 Å². The number of carbonyl (C=O) groups excluding carboxylic acids is 3. The number of rotatable bonds is 6. The summed E-state index contributed by atoms with van der Waals surface area (Å²) in [6.07, 6.45) is -0.0223. The van der Waals surface area contributed by atoms with Crippen molar-refractivity contribution in [2.75, 3.05) is 13.7 Å². The number of esters is 3. The Bertz CT molecular complexity index is 561. The first-order valence-corrected chi connectivity index (χ1v) is 6.12. The lowest BCUT2D eigenvalue weighted by molar-refractivity contribution is -0.150. The van der Waals surface area contributed by atoms with Gasteiger partial charge in [0, 0.05) is 11.1 Å². The fourth-order valence-corrected chi connectivity index (χ4v) is 1.38. The van der Waals surface area contributed by atoms with E-state index in [1.54, 1.807) is 18.2 Å². The Hall–Kier alpha value is -2.63. The van der Waals surface area contributed by atoms with Gasteiger partial charge in [-0.25, -0.2) is 9.59 Å². The van der Waals surface area contributed by atoms with Gasteiger partial charge < -0.3 is 14.2 Å². The Morgan fingerprint density at radius 1 is 1.14 bits per heavy atom. The largest absolute Gasteiger partial charge is 0.469 e. The highest BCUT2D eigenvalue weighted by Crippen LogP contribution is 2.19. The van der Waals surface area contributed by atoms with Crippen molar-refractivity contribution in [2.24, 2.45) is 0 Å². The molecule has 0 aliphatic carbocycles. The van der Waals surface area contributed by atoms with Gasteiger partial charge in [-0.1, -0.05) is 24.8 Å².